The molecule has 0 amide bonds. The van der Waals surface area contributed by atoms with Gasteiger partial charge in [0.15, 0.2) is 0 Å². The minimum atomic E-state index is -1.11. The van der Waals surface area contributed by atoms with E-state index in [0.717, 1.165) is 23.3 Å². The van der Waals surface area contributed by atoms with Crippen LogP contribution in [-0.4, -0.2) is 22.1 Å². The summed E-state index contributed by atoms with van der Waals surface area (Å²) < 4.78 is 6.10. The van der Waals surface area contributed by atoms with Crippen molar-refractivity contribution in [3.63, 3.8) is 0 Å². The molecule has 5 atom stereocenters. The predicted octanol–water partition coefficient (Wildman–Crippen LogP) is 4.93. The fourth-order valence-corrected chi connectivity index (χ4v) is 8.16. The van der Waals surface area contributed by atoms with Crippen LogP contribution in [0.15, 0.2) is 0 Å². The first-order chi connectivity index (χ1) is 8.85. The first kappa shape index (κ1) is 14.2. The van der Waals surface area contributed by atoms with E-state index in [-0.39, 0.29) is 0 Å². The Balaban J connectivity index is 1.99. The summed E-state index contributed by atoms with van der Waals surface area (Å²) in [6.45, 7) is 10.8. The molecule has 0 aromatic rings. The highest BCUT2D eigenvalue weighted by molar-refractivity contribution is 6.79. The van der Waals surface area contributed by atoms with Gasteiger partial charge in [0.1, 0.15) is 0 Å². The van der Waals surface area contributed by atoms with Crippen molar-refractivity contribution < 1.29 is 4.65 Å². The molecule has 0 radical (unpaired) electrons. The standard InChI is InChI=1S/C16H31BOSi/c1-12(19(3,4)5)16-9-13-6-14(10-16)8-15(7-13)11-17(16)18-2/h12-15H,6-11H2,1-5H3/t12?,13-,14+,15?,16?. The molecule has 0 N–H and O–H groups in total. The normalized spacial score (nSPS) is 43.4. The van der Waals surface area contributed by atoms with Gasteiger partial charge in [-0.25, -0.2) is 0 Å². The number of rotatable bonds is 3. The van der Waals surface area contributed by atoms with Gasteiger partial charge >= 0.3 is 0 Å². The highest BCUT2D eigenvalue weighted by atomic mass is 28.3. The second-order valence-corrected chi connectivity index (χ2v) is 14.6. The number of hydrogen-bond donors (Lipinski definition) is 0. The zero-order valence-corrected chi connectivity index (χ0v) is 14.5. The summed E-state index contributed by atoms with van der Waals surface area (Å²) in [6.07, 6.45) is 8.87. The fraction of sp³-hybridized carbons (Fsp3) is 1.00. The SMILES string of the molecule is COB1CC2C[C@@H]3C[C@H](C2)CC1(C(C)[Si](C)(C)C)C3. The molecule has 1 nitrogen and oxygen atoms in total. The molecule has 3 unspecified atom stereocenters. The van der Waals surface area contributed by atoms with Crippen molar-refractivity contribution >= 4 is 15.0 Å². The molecule has 0 spiro atoms. The van der Waals surface area contributed by atoms with Crippen LogP contribution < -0.4 is 0 Å². The lowest BCUT2D eigenvalue weighted by atomic mass is 9.38. The van der Waals surface area contributed by atoms with E-state index >= 15 is 0 Å². The Morgan fingerprint density at radius 3 is 2.05 bits per heavy atom. The van der Waals surface area contributed by atoms with Crippen LogP contribution in [0.3, 0.4) is 0 Å². The third-order valence-electron chi connectivity index (χ3n) is 6.97. The van der Waals surface area contributed by atoms with Crippen LogP contribution in [0.4, 0.5) is 0 Å². The van der Waals surface area contributed by atoms with Gasteiger partial charge in [-0.3, -0.25) is 0 Å². The van der Waals surface area contributed by atoms with Crippen LogP contribution in [0, 0.1) is 17.8 Å². The Labute approximate surface area is 121 Å². The Morgan fingerprint density at radius 1 is 1.05 bits per heavy atom. The fourth-order valence-electron chi connectivity index (χ4n) is 6.01. The number of fused-ring (bicyclic) bond motifs is 1. The minimum Gasteiger partial charge on any atom is -0.438 e. The van der Waals surface area contributed by atoms with E-state index in [9.17, 15) is 0 Å². The van der Waals surface area contributed by atoms with E-state index in [1.54, 1.807) is 0 Å². The summed E-state index contributed by atoms with van der Waals surface area (Å²) in [4.78, 5) is 0. The van der Waals surface area contributed by atoms with Gasteiger partial charge in [-0.05, 0) is 67.0 Å². The summed E-state index contributed by atoms with van der Waals surface area (Å²) in [5.74, 6) is 3.03. The van der Waals surface area contributed by atoms with Crippen LogP contribution in [0.2, 0.25) is 36.8 Å². The molecule has 4 rings (SSSR count). The highest BCUT2D eigenvalue weighted by Crippen LogP contribution is 2.67. The van der Waals surface area contributed by atoms with E-state index in [1.807, 2.05) is 7.11 Å². The van der Waals surface area contributed by atoms with Crippen molar-refractivity contribution in [3.8, 4) is 0 Å². The highest BCUT2D eigenvalue weighted by Gasteiger charge is 2.58. The van der Waals surface area contributed by atoms with E-state index in [4.69, 9.17) is 4.65 Å². The van der Waals surface area contributed by atoms with Gasteiger partial charge in [-0.1, -0.05) is 26.6 Å². The molecule has 2 saturated heterocycles. The average molecular weight is 278 g/mol. The Morgan fingerprint density at radius 2 is 1.58 bits per heavy atom. The van der Waals surface area contributed by atoms with Crippen LogP contribution >= 0.6 is 0 Å². The third-order valence-corrected chi connectivity index (χ3v) is 10.1. The second-order valence-electron chi connectivity index (χ2n) is 8.99. The minimum absolute atomic E-state index is 0.526. The topological polar surface area (TPSA) is 9.23 Å². The van der Waals surface area contributed by atoms with Gasteiger partial charge in [0, 0.05) is 15.2 Å². The molecule has 3 heteroatoms. The van der Waals surface area contributed by atoms with E-state index < -0.39 is 8.07 Å². The molecule has 4 fully saturated rings. The van der Waals surface area contributed by atoms with Crippen molar-refractivity contribution in [1.29, 1.82) is 0 Å². The van der Waals surface area contributed by atoms with Crippen molar-refractivity contribution in [2.45, 2.75) is 75.8 Å². The predicted molar refractivity (Wildman–Crippen MR) is 86.6 cm³/mol. The van der Waals surface area contributed by atoms with Crippen molar-refractivity contribution in [2.75, 3.05) is 7.11 Å². The van der Waals surface area contributed by atoms with Crippen LogP contribution in [0.5, 0.6) is 0 Å². The lowest BCUT2D eigenvalue weighted by Crippen LogP contribution is -2.47. The van der Waals surface area contributed by atoms with Gasteiger partial charge in [-0.2, -0.15) is 0 Å². The summed E-state index contributed by atoms with van der Waals surface area (Å²) in [7, 11) is 0.873. The molecule has 2 aliphatic heterocycles. The second kappa shape index (κ2) is 4.63. The largest absolute Gasteiger partial charge is 0.438 e. The Bertz CT molecular complexity index is 337. The molecule has 2 saturated carbocycles. The quantitative estimate of drug-likeness (QED) is 0.665. The maximum Gasteiger partial charge on any atom is 0.299 e. The maximum absolute atomic E-state index is 6.10. The van der Waals surface area contributed by atoms with Crippen LogP contribution in [0.1, 0.15) is 39.0 Å². The lowest BCUT2D eigenvalue weighted by molar-refractivity contribution is 0.119. The van der Waals surface area contributed by atoms with Gasteiger partial charge < -0.3 is 4.65 Å². The molecule has 4 aliphatic rings. The van der Waals surface area contributed by atoms with Crippen molar-refractivity contribution in [3.05, 3.63) is 0 Å². The molecule has 108 valence electrons. The molecule has 19 heavy (non-hydrogen) atoms. The smallest absolute Gasteiger partial charge is 0.299 e. The zero-order chi connectivity index (χ0) is 13.8. The molecule has 2 heterocycles. The maximum atomic E-state index is 6.10. The summed E-state index contributed by atoms with van der Waals surface area (Å²) in [6, 6.07) is 0. The molecule has 4 bridgehead atoms. The third kappa shape index (κ3) is 2.25. The molecule has 2 aliphatic carbocycles. The van der Waals surface area contributed by atoms with E-state index in [2.05, 4.69) is 26.6 Å². The number of hydrogen-bond acceptors (Lipinski definition) is 1. The summed E-state index contributed by atoms with van der Waals surface area (Å²) in [5, 5.41) is 0.526. The Hall–Kier alpha value is 0.242. The zero-order valence-electron chi connectivity index (χ0n) is 13.5. The van der Waals surface area contributed by atoms with Gasteiger partial charge in [-0.15, -0.1) is 0 Å². The van der Waals surface area contributed by atoms with Crippen LogP contribution in [-0.2, 0) is 4.65 Å². The van der Waals surface area contributed by atoms with E-state index in [0.29, 0.717) is 12.2 Å². The average Bonchev–Trinajstić information content (AvgIpc) is 2.49. The molecule has 0 aromatic heterocycles. The monoisotopic (exact) mass is 278 g/mol. The molecular formula is C16H31BOSi. The van der Waals surface area contributed by atoms with Gasteiger partial charge in [0.25, 0.3) is 6.92 Å². The van der Waals surface area contributed by atoms with Crippen molar-refractivity contribution in [2.24, 2.45) is 17.8 Å². The van der Waals surface area contributed by atoms with Crippen LogP contribution in [0.25, 0.3) is 0 Å². The van der Waals surface area contributed by atoms with Crippen molar-refractivity contribution in [1.82, 2.24) is 0 Å². The van der Waals surface area contributed by atoms with Gasteiger partial charge in [0.05, 0.1) is 0 Å². The first-order valence-corrected chi connectivity index (χ1v) is 12.0. The lowest BCUT2D eigenvalue weighted by Gasteiger charge is -2.53. The first-order valence-electron chi connectivity index (χ1n) is 8.38. The van der Waals surface area contributed by atoms with Gasteiger partial charge in [0.2, 0.25) is 0 Å². The van der Waals surface area contributed by atoms with E-state index in [1.165, 1.54) is 38.4 Å². The summed E-state index contributed by atoms with van der Waals surface area (Å²) >= 11 is 0. The Kier molecular flexibility index (Phi) is 3.45. The molecular weight excluding hydrogens is 247 g/mol. The molecule has 0 aromatic carbocycles. The summed E-state index contributed by atoms with van der Waals surface area (Å²) in [5.41, 5.74) is 0.895.